The highest BCUT2D eigenvalue weighted by Gasteiger charge is 2.57. The summed E-state index contributed by atoms with van der Waals surface area (Å²) < 4.78 is 0. The van der Waals surface area contributed by atoms with E-state index in [1.165, 1.54) is 25.7 Å². The van der Waals surface area contributed by atoms with Gasteiger partial charge in [-0.2, -0.15) is 0 Å². The minimum Gasteiger partial charge on any atom is -0.340 e. The molecule has 104 valence electrons. The molecule has 3 aliphatic carbocycles. The van der Waals surface area contributed by atoms with Crippen molar-refractivity contribution in [3.05, 3.63) is 0 Å². The highest BCUT2D eigenvalue weighted by molar-refractivity contribution is 5.98. The Morgan fingerprint density at radius 2 is 1.79 bits per heavy atom. The first-order valence-electron chi connectivity index (χ1n) is 7.74. The number of nitrogens with zero attached hydrogens (tertiary/aromatic N) is 1. The summed E-state index contributed by atoms with van der Waals surface area (Å²) in [4.78, 5) is 26.6. The van der Waals surface area contributed by atoms with Crippen molar-refractivity contribution < 1.29 is 9.59 Å². The molecule has 4 rings (SSSR count). The van der Waals surface area contributed by atoms with E-state index in [1.54, 1.807) is 0 Å². The predicted octanol–water partition coefficient (Wildman–Crippen LogP) is 1.45. The van der Waals surface area contributed by atoms with Crippen LogP contribution in [-0.4, -0.2) is 35.3 Å². The van der Waals surface area contributed by atoms with Gasteiger partial charge >= 0.3 is 0 Å². The number of nitrogens with one attached hydrogen (secondary N) is 1. The van der Waals surface area contributed by atoms with Gasteiger partial charge in [-0.3, -0.25) is 9.59 Å². The van der Waals surface area contributed by atoms with Crippen molar-refractivity contribution in [2.24, 2.45) is 11.3 Å². The van der Waals surface area contributed by atoms with Crippen LogP contribution in [0.2, 0.25) is 0 Å². The minimum absolute atomic E-state index is 0.0492. The van der Waals surface area contributed by atoms with Crippen LogP contribution < -0.4 is 5.32 Å². The second kappa shape index (κ2) is 3.74. The largest absolute Gasteiger partial charge is 0.340 e. The maximum Gasteiger partial charge on any atom is 0.248 e. The van der Waals surface area contributed by atoms with Gasteiger partial charge in [-0.25, -0.2) is 0 Å². The van der Waals surface area contributed by atoms with E-state index in [4.69, 9.17) is 0 Å². The molecule has 0 aromatic heterocycles. The van der Waals surface area contributed by atoms with Crippen molar-refractivity contribution >= 4 is 11.8 Å². The first kappa shape index (κ1) is 11.7. The van der Waals surface area contributed by atoms with Gasteiger partial charge < -0.3 is 10.2 Å². The molecule has 2 amide bonds. The first-order valence-corrected chi connectivity index (χ1v) is 7.74. The van der Waals surface area contributed by atoms with Gasteiger partial charge in [0.25, 0.3) is 0 Å². The van der Waals surface area contributed by atoms with Gasteiger partial charge in [-0.05, 0) is 49.9 Å². The molecule has 0 radical (unpaired) electrons. The number of amides is 2. The smallest absolute Gasteiger partial charge is 0.248 e. The van der Waals surface area contributed by atoms with E-state index in [0.29, 0.717) is 5.41 Å². The number of piperazine rings is 1. The maximum atomic E-state index is 12.8. The topological polar surface area (TPSA) is 49.4 Å². The zero-order chi connectivity index (χ0) is 13.1. The quantitative estimate of drug-likeness (QED) is 0.837. The third-order valence-electron chi connectivity index (χ3n) is 5.71. The molecule has 0 atom stereocenters. The van der Waals surface area contributed by atoms with Crippen molar-refractivity contribution in [3.8, 4) is 0 Å². The maximum absolute atomic E-state index is 12.8. The Kier molecular flexibility index (Phi) is 2.31. The molecular formula is C15H22N2O2. The Hall–Kier alpha value is -1.06. The van der Waals surface area contributed by atoms with Gasteiger partial charge in [-0.15, -0.1) is 0 Å². The molecule has 0 aromatic carbocycles. The molecule has 3 saturated carbocycles. The number of carbonyl (C=O) groups excluding carboxylic acids is 2. The van der Waals surface area contributed by atoms with Crippen LogP contribution >= 0.6 is 0 Å². The van der Waals surface area contributed by atoms with Crippen LogP contribution in [0.3, 0.4) is 0 Å². The molecule has 1 saturated heterocycles. The molecule has 4 nitrogen and oxygen atoms in total. The van der Waals surface area contributed by atoms with Gasteiger partial charge in [0.05, 0.1) is 6.54 Å². The van der Waals surface area contributed by atoms with Gasteiger partial charge in [-0.1, -0.05) is 12.8 Å². The Balaban J connectivity index is 1.54. The molecule has 1 aliphatic heterocycles. The average molecular weight is 262 g/mol. The summed E-state index contributed by atoms with van der Waals surface area (Å²) in [5.74, 6) is 1.09. The van der Waals surface area contributed by atoms with Gasteiger partial charge in [0.15, 0.2) is 0 Å². The highest BCUT2D eigenvalue weighted by atomic mass is 16.2. The van der Waals surface area contributed by atoms with Gasteiger partial charge in [0.1, 0.15) is 5.54 Å². The molecular weight excluding hydrogens is 240 g/mol. The molecule has 4 heteroatoms. The monoisotopic (exact) mass is 262 g/mol. The van der Waals surface area contributed by atoms with Crippen LogP contribution in [0.25, 0.3) is 0 Å². The zero-order valence-electron chi connectivity index (χ0n) is 11.4. The molecule has 0 unspecified atom stereocenters. The SMILES string of the molecule is O=C1CN(CC2(C3CC3)CC2)C(=O)C2(CCCC2)N1. The second-order valence-corrected chi connectivity index (χ2v) is 7.14. The fraction of sp³-hybridized carbons (Fsp3) is 0.867. The average Bonchev–Trinajstić information content (AvgIpc) is 3.27. The van der Waals surface area contributed by atoms with E-state index >= 15 is 0 Å². The molecule has 4 aliphatic rings. The molecule has 1 N–H and O–H groups in total. The Morgan fingerprint density at radius 1 is 1.11 bits per heavy atom. The lowest BCUT2D eigenvalue weighted by Gasteiger charge is -2.41. The summed E-state index contributed by atoms with van der Waals surface area (Å²) in [5, 5.41) is 2.99. The number of carbonyl (C=O) groups is 2. The number of rotatable bonds is 3. The Morgan fingerprint density at radius 3 is 2.37 bits per heavy atom. The van der Waals surface area contributed by atoms with E-state index < -0.39 is 5.54 Å². The van der Waals surface area contributed by atoms with E-state index in [-0.39, 0.29) is 18.4 Å². The summed E-state index contributed by atoms with van der Waals surface area (Å²) >= 11 is 0. The number of hydrogen-bond donors (Lipinski definition) is 1. The normalized spacial score (nSPS) is 31.7. The van der Waals surface area contributed by atoms with Crippen LogP contribution in [0.4, 0.5) is 0 Å². The summed E-state index contributed by atoms with van der Waals surface area (Å²) in [6.07, 6.45) is 8.99. The third kappa shape index (κ3) is 1.79. The van der Waals surface area contributed by atoms with Crippen LogP contribution in [-0.2, 0) is 9.59 Å². The van der Waals surface area contributed by atoms with E-state index in [0.717, 1.165) is 38.1 Å². The first-order chi connectivity index (χ1) is 9.14. The summed E-state index contributed by atoms with van der Waals surface area (Å²) in [6.45, 7) is 1.13. The van der Waals surface area contributed by atoms with E-state index in [1.807, 2.05) is 4.90 Å². The zero-order valence-corrected chi connectivity index (χ0v) is 11.4. The minimum atomic E-state index is -0.533. The second-order valence-electron chi connectivity index (χ2n) is 7.14. The fourth-order valence-corrected chi connectivity index (χ4v) is 4.28. The van der Waals surface area contributed by atoms with Crippen molar-refractivity contribution in [3.63, 3.8) is 0 Å². The van der Waals surface area contributed by atoms with Crippen LogP contribution in [0, 0.1) is 11.3 Å². The molecule has 0 bridgehead atoms. The fourth-order valence-electron chi connectivity index (χ4n) is 4.28. The van der Waals surface area contributed by atoms with Gasteiger partial charge in [0, 0.05) is 6.54 Å². The lowest BCUT2D eigenvalue weighted by molar-refractivity contribution is -0.150. The molecule has 1 heterocycles. The van der Waals surface area contributed by atoms with Crippen molar-refractivity contribution in [2.45, 2.75) is 56.9 Å². The highest BCUT2D eigenvalue weighted by Crippen LogP contribution is 2.61. The Labute approximate surface area is 113 Å². The summed E-state index contributed by atoms with van der Waals surface area (Å²) in [7, 11) is 0. The lowest BCUT2D eigenvalue weighted by atomic mass is 9.91. The van der Waals surface area contributed by atoms with Crippen molar-refractivity contribution in [2.75, 3.05) is 13.1 Å². The third-order valence-corrected chi connectivity index (χ3v) is 5.71. The number of hydrogen-bond acceptors (Lipinski definition) is 2. The summed E-state index contributed by atoms with van der Waals surface area (Å²) in [5.41, 5.74) is -0.137. The molecule has 1 spiro atoms. The molecule has 0 aromatic rings. The van der Waals surface area contributed by atoms with Crippen molar-refractivity contribution in [1.82, 2.24) is 10.2 Å². The predicted molar refractivity (Wildman–Crippen MR) is 70.3 cm³/mol. The van der Waals surface area contributed by atoms with Crippen LogP contribution in [0.5, 0.6) is 0 Å². The summed E-state index contributed by atoms with van der Waals surface area (Å²) in [6, 6.07) is 0. The van der Waals surface area contributed by atoms with Crippen LogP contribution in [0.1, 0.15) is 51.4 Å². The van der Waals surface area contributed by atoms with Gasteiger partial charge in [0.2, 0.25) is 11.8 Å². The lowest BCUT2D eigenvalue weighted by Crippen LogP contribution is -2.66. The Bertz CT molecular complexity index is 431. The van der Waals surface area contributed by atoms with Crippen LogP contribution in [0.15, 0.2) is 0 Å². The molecule has 19 heavy (non-hydrogen) atoms. The van der Waals surface area contributed by atoms with E-state index in [9.17, 15) is 9.59 Å². The standard InChI is InChI=1S/C15H22N2O2/c18-12-9-17(10-14(7-8-14)11-3-4-11)13(19)15(16-12)5-1-2-6-15/h11H,1-10H2,(H,16,18). The molecule has 4 fully saturated rings. The van der Waals surface area contributed by atoms with Crippen molar-refractivity contribution in [1.29, 1.82) is 0 Å². The van der Waals surface area contributed by atoms with E-state index in [2.05, 4.69) is 5.32 Å².